The third-order valence-corrected chi connectivity index (χ3v) is 5.56. The Morgan fingerprint density at radius 1 is 1.21 bits per heavy atom. The van der Waals surface area contributed by atoms with E-state index in [-0.39, 0.29) is 36.4 Å². The van der Waals surface area contributed by atoms with Gasteiger partial charge in [0.05, 0.1) is 5.01 Å². The summed E-state index contributed by atoms with van der Waals surface area (Å²) in [5.41, 5.74) is 0. The van der Waals surface area contributed by atoms with Gasteiger partial charge in [-0.2, -0.15) is 0 Å². The average molecular weight is 534 g/mol. The normalized spacial score (nSPS) is 10.9. The monoisotopic (exact) mass is 533 g/mol. The van der Waals surface area contributed by atoms with Crippen LogP contribution >= 0.6 is 47.1 Å². The fourth-order valence-corrected chi connectivity index (χ4v) is 3.70. The third-order valence-electron chi connectivity index (χ3n) is 3.58. The van der Waals surface area contributed by atoms with Crippen molar-refractivity contribution in [3.8, 4) is 0 Å². The van der Waals surface area contributed by atoms with E-state index in [2.05, 4.69) is 39.7 Å². The van der Waals surface area contributed by atoms with Crippen LogP contribution in [-0.4, -0.2) is 61.2 Å². The average Bonchev–Trinajstić information content (AvgIpc) is 3.08. The van der Waals surface area contributed by atoms with Crippen LogP contribution in [0.1, 0.15) is 9.88 Å². The minimum absolute atomic E-state index is 0. The Hall–Kier alpha value is -1.33. The fraction of sp³-hybridized carbons (Fsp3) is 0.421. The van der Waals surface area contributed by atoms with Gasteiger partial charge in [0, 0.05) is 55.3 Å². The second-order valence-corrected chi connectivity index (χ2v) is 8.57. The van der Waals surface area contributed by atoms with Gasteiger partial charge in [-0.05, 0) is 19.1 Å². The summed E-state index contributed by atoms with van der Waals surface area (Å²) in [7, 11) is 3.47. The van der Waals surface area contributed by atoms with Crippen LogP contribution in [0, 0.1) is 6.92 Å². The first kappa shape index (κ1) is 24.7. The van der Waals surface area contributed by atoms with Crippen molar-refractivity contribution in [3.63, 3.8) is 0 Å². The number of amides is 1. The van der Waals surface area contributed by atoms with Crippen molar-refractivity contribution in [2.45, 2.75) is 18.2 Å². The molecular weight excluding hydrogens is 505 g/mol. The van der Waals surface area contributed by atoms with Crippen LogP contribution in [0.15, 0.2) is 46.4 Å². The number of aliphatic imine (C=N–C) groups is 1. The zero-order valence-electron chi connectivity index (χ0n) is 16.5. The lowest BCUT2D eigenvalue weighted by molar-refractivity contribution is -0.127. The van der Waals surface area contributed by atoms with E-state index in [9.17, 15) is 4.79 Å². The lowest BCUT2D eigenvalue weighted by atomic mass is 10.4. The molecule has 154 valence electrons. The number of nitrogens with zero attached hydrogens (tertiary/aromatic N) is 3. The first-order valence-electron chi connectivity index (χ1n) is 8.86. The zero-order valence-corrected chi connectivity index (χ0v) is 20.4. The molecule has 0 aliphatic rings. The molecule has 2 N–H and O–H groups in total. The molecule has 0 unspecified atom stereocenters. The molecule has 0 aliphatic heterocycles. The number of hydrogen-bond donors (Lipinski definition) is 2. The van der Waals surface area contributed by atoms with Gasteiger partial charge >= 0.3 is 0 Å². The molecule has 0 fully saturated rings. The van der Waals surface area contributed by atoms with Crippen LogP contribution in [-0.2, 0) is 11.2 Å². The van der Waals surface area contributed by atoms with Gasteiger partial charge in [0.1, 0.15) is 6.54 Å². The minimum Gasteiger partial charge on any atom is -0.356 e. The number of nitrogens with one attached hydrogen (secondary N) is 2. The van der Waals surface area contributed by atoms with Gasteiger partial charge in [-0.25, -0.2) is 9.98 Å². The molecular formula is C19H28IN5OS2. The molecule has 2 rings (SSSR count). The fourth-order valence-electron chi connectivity index (χ4n) is 2.12. The van der Waals surface area contributed by atoms with Crippen molar-refractivity contribution < 1.29 is 4.79 Å². The SMILES string of the molecule is Cc1cnc(CCNC(=NCC(=O)N(C)C)NCCSc2ccccc2)s1.I. The first-order chi connectivity index (χ1) is 13.0. The second kappa shape index (κ2) is 13.8. The maximum Gasteiger partial charge on any atom is 0.243 e. The number of rotatable bonds is 9. The first-order valence-corrected chi connectivity index (χ1v) is 10.7. The number of likely N-dealkylation sites (N-methyl/N-ethyl adjacent to an activating group) is 1. The van der Waals surface area contributed by atoms with Crippen LogP contribution < -0.4 is 10.6 Å². The number of hydrogen-bond acceptors (Lipinski definition) is 5. The molecule has 1 aromatic heterocycles. The molecule has 0 spiro atoms. The molecule has 1 amide bonds. The van der Waals surface area contributed by atoms with E-state index >= 15 is 0 Å². The summed E-state index contributed by atoms with van der Waals surface area (Å²) in [6.07, 6.45) is 2.73. The molecule has 2 aromatic rings. The van der Waals surface area contributed by atoms with Gasteiger partial charge < -0.3 is 15.5 Å². The van der Waals surface area contributed by atoms with Gasteiger partial charge in [0.2, 0.25) is 5.91 Å². The van der Waals surface area contributed by atoms with Gasteiger partial charge in [-0.15, -0.1) is 47.1 Å². The van der Waals surface area contributed by atoms with Crippen LogP contribution in [0.2, 0.25) is 0 Å². The highest BCUT2D eigenvalue weighted by Gasteiger charge is 2.05. The van der Waals surface area contributed by atoms with Crippen molar-refractivity contribution in [2.75, 3.05) is 39.5 Å². The third kappa shape index (κ3) is 9.74. The Balaban J connectivity index is 0.00000392. The summed E-state index contributed by atoms with van der Waals surface area (Å²) in [6, 6.07) is 10.3. The van der Waals surface area contributed by atoms with Crippen LogP contribution in [0.3, 0.4) is 0 Å². The maximum absolute atomic E-state index is 11.8. The summed E-state index contributed by atoms with van der Waals surface area (Å²) >= 11 is 3.49. The van der Waals surface area contributed by atoms with Crippen LogP contribution in [0.25, 0.3) is 0 Å². The lowest BCUT2D eigenvalue weighted by Crippen LogP contribution is -2.40. The summed E-state index contributed by atoms with van der Waals surface area (Å²) in [5.74, 6) is 1.55. The molecule has 0 aliphatic carbocycles. The molecule has 9 heteroatoms. The highest BCUT2D eigenvalue weighted by molar-refractivity contribution is 14.0. The number of benzene rings is 1. The van der Waals surface area contributed by atoms with Crippen molar-refractivity contribution in [3.05, 3.63) is 46.4 Å². The number of aryl methyl sites for hydroxylation is 1. The number of carbonyl (C=O) groups is 1. The number of halogens is 1. The zero-order chi connectivity index (χ0) is 19.5. The number of thioether (sulfide) groups is 1. The number of carbonyl (C=O) groups excluding carboxylic acids is 1. The summed E-state index contributed by atoms with van der Waals surface area (Å²) in [5, 5.41) is 7.70. The standard InChI is InChI=1S/C19H27N5OS2.HI/c1-15-13-22-17(27-15)9-10-20-19(23-14-18(25)24(2)3)21-11-12-26-16-7-5-4-6-8-16;/h4-8,13H,9-12,14H2,1-3H3,(H2,20,21,23);1H. The van der Waals surface area contributed by atoms with E-state index in [1.807, 2.05) is 24.4 Å². The van der Waals surface area contributed by atoms with E-state index in [1.165, 1.54) is 9.77 Å². The maximum atomic E-state index is 11.8. The topological polar surface area (TPSA) is 69.6 Å². The molecule has 0 atom stereocenters. The molecule has 1 heterocycles. The smallest absolute Gasteiger partial charge is 0.243 e. The second-order valence-electron chi connectivity index (χ2n) is 6.08. The molecule has 0 bridgehead atoms. The van der Waals surface area contributed by atoms with Gasteiger partial charge in [0.25, 0.3) is 0 Å². The van der Waals surface area contributed by atoms with Crippen molar-refractivity contribution in [2.24, 2.45) is 4.99 Å². The van der Waals surface area contributed by atoms with Gasteiger partial charge in [0.15, 0.2) is 5.96 Å². The Morgan fingerprint density at radius 3 is 2.57 bits per heavy atom. The van der Waals surface area contributed by atoms with Crippen LogP contribution in [0.4, 0.5) is 0 Å². The largest absolute Gasteiger partial charge is 0.356 e. The molecule has 0 saturated heterocycles. The van der Waals surface area contributed by atoms with Crippen molar-refractivity contribution in [1.82, 2.24) is 20.5 Å². The molecule has 28 heavy (non-hydrogen) atoms. The Bertz CT molecular complexity index is 737. The Labute approximate surface area is 192 Å². The molecule has 1 aromatic carbocycles. The van der Waals surface area contributed by atoms with E-state index in [0.29, 0.717) is 5.96 Å². The minimum atomic E-state index is -0.0229. The molecule has 6 nitrogen and oxygen atoms in total. The Morgan fingerprint density at radius 2 is 1.93 bits per heavy atom. The quantitative estimate of drug-likeness (QED) is 0.171. The van der Waals surface area contributed by atoms with Gasteiger partial charge in [-0.1, -0.05) is 18.2 Å². The summed E-state index contributed by atoms with van der Waals surface area (Å²) in [6.45, 7) is 3.67. The van der Waals surface area contributed by atoms with E-state index in [4.69, 9.17) is 0 Å². The van der Waals surface area contributed by atoms with E-state index < -0.39 is 0 Å². The van der Waals surface area contributed by atoms with Gasteiger partial charge in [-0.3, -0.25) is 4.79 Å². The van der Waals surface area contributed by atoms with Crippen molar-refractivity contribution >= 4 is 58.9 Å². The predicted octanol–water partition coefficient (Wildman–Crippen LogP) is 3.03. The lowest BCUT2D eigenvalue weighted by Gasteiger charge is -2.13. The summed E-state index contributed by atoms with van der Waals surface area (Å²) < 4.78 is 0. The molecule has 0 saturated carbocycles. The highest BCUT2D eigenvalue weighted by Crippen LogP contribution is 2.15. The predicted molar refractivity (Wildman–Crippen MR) is 130 cm³/mol. The van der Waals surface area contributed by atoms with Crippen molar-refractivity contribution in [1.29, 1.82) is 0 Å². The van der Waals surface area contributed by atoms with E-state index in [1.54, 1.807) is 42.1 Å². The molecule has 0 radical (unpaired) electrons. The summed E-state index contributed by atoms with van der Waals surface area (Å²) in [4.78, 5) is 24.6. The van der Waals surface area contributed by atoms with E-state index in [0.717, 1.165) is 30.3 Å². The number of aromatic nitrogens is 1. The van der Waals surface area contributed by atoms with Crippen LogP contribution in [0.5, 0.6) is 0 Å². The number of guanidine groups is 1. The Kier molecular flexibility index (Phi) is 12.2. The number of thiazole rings is 1. The highest BCUT2D eigenvalue weighted by atomic mass is 127.